The summed E-state index contributed by atoms with van der Waals surface area (Å²) in [6, 6.07) is 0. The van der Waals surface area contributed by atoms with Gasteiger partial charge in [0.05, 0.1) is 12.2 Å². The Bertz CT molecular complexity index is 410. The minimum atomic E-state index is -0.376. The Hall–Kier alpha value is -1.56. The standard InChI is InChI=1S/C12H18ClN3O3/c1-7(2)18-11-10(16-9(17)5-13)12(15-6-14-11)19-8(3)4/h6-8H,5H2,1-4H3,(H,16,17). The predicted molar refractivity (Wildman–Crippen MR) is 72.9 cm³/mol. The molecule has 0 saturated carbocycles. The average Bonchev–Trinajstić information content (AvgIpc) is 2.31. The highest BCUT2D eigenvalue weighted by molar-refractivity contribution is 6.29. The lowest BCUT2D eigenvalue weighted by atomic mass is 10.4. The van der Waals surface area contributed by atoms with E-state index in [1.165, 1.54) is 6.33 Å². The number of ether oxygens (including phenoxy) is 2. The summed E-state index contributed by atoms with van der Waals surface area (Å²) in [5, 5.41) is 2.59. The van der Waals surface area contributed by atoms with E-state index in [2.05, 4.69) is 15.3 Å². The predicted octanol–water partition coefficient (Wildman–Crippen LogP) is 2.23. The third kappa shape index (κ3) is 4.90. The van der Waals surface area contributed by atoms with Gasteiger partial charge in [-0.3, -0.25) is 4.79 Å². The SMILES string of the molecule is CC(C)Oc1ncnc(OC(C)C)c1NC(=O)CCl. The summed E-state index contributed by atoms with van der Waals surface area (Å²) in [5.74, 6) is -0.0196. The molecule has 0 aliphatic rings. The van der Waals surface area contributed by atoms with E-state index in [0.717, 1.165) is 0 Å². The molecule has 1 heterocycles. The van der Waals surface area contributed by atoms with Crippen molar-refractivity contribution in [1.29, 1.82) is 0 Å². The van der Waals surface area contributed by atoms with Crippen LogP contribution >= 0.6 is 11.6 Å². The maximum Gasteiger partial charge on any atom is 0.245 e. The van der Waals surface area contributed by atoms with E-state index < -0.39 is 0 Å². The summed E-state index contributed by atoms with van der Waals surface area (Å²) in [6.07, 6.45) is 1.15. The second kappa shape index (κ2) is 7.13. The zero-order valence-corrected chi connectivity index (χ0v) is 12.2. The quantitative estimate of drug-likeness (QED) is 0.812. The highest BCUT2D eigenvalue weighted by Crippen LogP contribution is 2.31. The van der Waals surface area contributed by atoms with Gasteiger partial charge in [-0.25, -0.2) is 0 Å². The molecule has 19 heavy (non-hydrogen) atoms. The molecule has 106 valence electrons. The van der Waals surface area contributed by atoms with Crippen molar-refractivity contribution < 1.29 is 14.3 Å². The second-order valence-electron chi connectivity index (χ2n) is 4.37. The van der Waals surface area contributed by atoms with E-state index in [1.807, 2.05) is 27.7 Å². The van der Waals surface area contributed by atoms with Crippen molar-refractivity contribution in [1.82, 2.24) is 9.97 Å². The van der Waals surface area contributed by atoms with Gasteiger partial charge in [0.15, 0.2) is 5.69 Å². The minimum absolute atomic E-state index is 0.0894. The maximum atomic E-state index is 11.4. The van der Waals surface area contributed by atoms with Crippen LogP contribution in [0.3, 0.4) is 0 Å². The van der Waals surface area contributed by atoms with E-state index in [-0.39, 0.29) is 35.8 Å². The van der Waals surface area contributed by atoms with E-state index >= 15 is 0 Å². The average molecular weight is 288 g/mol. The fourth-order valence-corrected chi connectivity index (χ4v) is 1.33. The number of hydrogen-bond donors (Lipinski definition) is 1. The Kier molecular flexibility index (Phi) is 5.82. The van der Waals surface area contributed by atoms with Crippen LogP contribution in [0.25, 0.3) is 0 Å². The fraction of sp³-hybridized carbons (Fsp3) is 0.583. The number of aromatic nitrogens is 2. The molecule has 0 bridgehead atoms. The fourth-order valence-electron chi connectivity index (χ4n) is 1.26. The van der Waals surface area contributed by atoms with Crippen LogP contribution in [0.4, 0.5) is 5.69 Å². The number of hydrogen-bond acceptors (Lipinski definition) is 5. The number of anilines is 1. The number of carbonyl (C=O) groups excluding carboxylic acids is 1. The summed E-state index contributed by atoms with van der Waals surface area (Å²) in [4.78, 5) is 19.5. The molecule has 0 spiro atoms. The molecular weight excluding hydrogens is 270 g/mol. The van der Waals surface area contributed by atoms with Gasteiger partial charge in [0, 0.05) is 0 Å². The first-order valence-electron chi connectivity index (χ1n) is 5.98. The number of halogens is 1. The van der Waals surface area contributed by atoms with E-state index in [0.29, 0.717) is 5.69 Å². The smallest absolute Gasteiger partial charge is 0.245 e. The van der Waals surface area contributed by atoms with Gasteiger partial charge in [0.25, 0.3) is 0 Å². The molecule has 1 aromatic heterocycles. The first kappa shape index (κ1) is 15.5. The lowest BCUT2D eigenvalue weighted by Gasteiger charge is -2.17. The summed E-state index contributed by atoms with van der Waals surface area (Å²) >= 11 is 5.48. The summed E-state index contributed by atoms with van der Waals surface area (Å²) in [7, 11) is 0. The molecule has 0 aromatic carbocycles. The second-order valence-corrected chi connectivity index (χ2v) is 4.64. The Morgan fingerprint density at radius 2 is 1.68 bits per heavy atom. The zero-order chi connectivity index (χ0) is 14.4. The lowest BCUT2D eigenvalue weighted by Crippen LogP contribution is -2.18. The molecule has 0 aliphatic carbocycles. The van der Waals surface area contributed by atoms with Crippen molar-refractivity contribution in [3.8, 4) is 11.8 Å². The van der Waals surface area contributed by atoms with Gasteiger partial charge in [0.1, 0.15) is 12.2 Å². The normalized spacial score (nSPS) is 10.7. The Morgan fingerprint density at radius 3 is 2.05 bits per heavy atom. The Balaban J connectivity index is 3.11. The molecule has 0 radical (unpaired) electrons. The number of nitrogens with one attached hydrogen (secondary N) is 1. The number of nitrogens with zero attached hydrogens (tertiary/aromatic N) is 2. The van der Waals surface area contributed by atoms with Gasteiger partial charge < -0.3 is 14.8 Å². The molecule has 1 aromatic rings. The van der Waals surface area contributed by atoms with Crippen LogP contribution in [0.5, 0.6) is 11.8 Å². The molecule has 1 N–H and O–H groups in total. The van der Waals surface area contributed by atoms with E-state index in [4.69, 9.17) is 21.1 Å². The van der Waals surface area contributed by atoms with Crippen molar-refractivity contribution in [2.75, 3.05) is 11.2 Å². The van der Waals surface area contributed by atoms with E-state index in [9.17, 15) is 4.79 Å². The van der Waals surface area contributed by atoms with Gasteiger partial charge >= 0.3 is 0 Å². The molecule has 0 unspecified atom stereocenters. The van der Waals surface area contributed by atoms with Crippen molar-refractivity contribution in [3.05, 3.63) is 6.33 Å². The highest BCUT2D eigenvalue weighted by Gasteiger charge is 2.18. The van der Waals surface area contributed by atoms with E-state index in [1.54, 1.807) is 0 Å². The monoisotopic (exact) mass is 287 g/mol. The van der Waals surface area contributed by atoms with Gasteiger partial charge in [-0.1, -0.05) is 0 Å². The third-order valence-corrected chi connectivity index (χ3v) is 2.10. The molecule has 1 amide bonds. The van der Waals surface area contributed by atoms with Crippen LogP contribution in [-0.4, -0.2) is 34.0 Å². The number of alkyl halides is 1. The molecular formula is C12H18ClN3O3. The first-order valence-corrected chi connectivity index (χ1v) is 6.51. The molecule has 0 fully saturated rings. The third-order valence-electron chi connectivity index (χ3n) is 1.86. The van der Waals surface area contributed by atoms with Crippen LogP contribution in [-0.2, 0) is 4.79 Å². The number of rotatable bonds is 6. The highest BCUT2D eigenvalue weighted by atomic mass is 35.5. The zero-order valence-electron chi connectivity index (χ0n) is 11.4. The van der Waals surface area contributed by atoms with Crippen LogP contribution in [0, 0.1) is 0 Å². The van der Waals surface area contributed by atoms with Gasteiger partial charge in [-0.2, -0.15) is 9.97 Å². The molecule has 0 saturated heterocycles. The minimum Gasteiger partial charge on any atom is -0.473 e. The molecule has 6 nitrogen and oxygen atoms in total. The summed E-state index contributed by atoms with van der Waals surface area (Å²) in [5.41, 5.74) is 0.301. The molecule has 0 atom stereocenters. The van der Waals surface area contributed by atoms with Crippen molar-refractivity contribution >= 4 is 23.2 Å². The van der Waals surface area contributed by atoms with Crippen LogP contribution in [0.1, 0.15) is 27.7 Å². The van der Waals surface area contributed by atoms with Crippen molar-refractivity contribution in [2.24, 2.45) is 0 Å². The van der Waals surface area contributed by atoms with Gasteiger partial charge in [0.2, 0.25) is 17.7 Å². The number of amides is 1. The maximum absolute atomic E-state index is 11.4. The topological polar surface area (TPSA) is 73.3 Å². The van der Waals surface area contributed by atoms with Gasteiger partial charge in [-0.05, 0) is 27.7 Å². The van der Waals surface area contributed by atoms with Crippen LogP contribution in [0.2, 0.25) is 0 Å². The Labute approximate surface area is 117 Å². The van der Waals surface area contributed by atoms with Crippen LogP contribution < -0.4 is 14.8 Å². The largest absolute Gasteiger partial charge is 0.473 e. The molecule has 7 heteroatoms. The van der Waals surface area contributed by atoms with Crippen molar-refractivity contribution in [3.63, 3.8) is 0 Å². The number of carbonyl (C=O) groups is 1. The first-order chi connectivity index (χ1) is 8.93. The summed E-state index contributed by atoms with van der Waals surface area (Å²) in [6.45, 7) is 7.44. The van der Waals surface area contributed by atoms with Gasteiger partial charge in [-0.15, -0.1) is 11.6 Å². The lowest BCUT2D eigenvalue weighted by molar-refractivity contribution is -0.114. The Morgan fingerprint density at radius 1 is 1.21 bits per heavy atom. The molecule has 1 rings (SSSR count). The van der Waals surface area contributed by atoms with Crippen LogP contribution in [0.15, 0.2) is 6.33 Å². The van der Waals surface area contributed by atoms with Crippen molar-refractivity contribution in [2.45, 2.75) is 39.9 Å². The molecule has 0 aliphatic heterocycles. The summed E-state index contributed by atoms with van der Waals surface area (Å²) < 4.78 is 11.0.